The standard InChI is InChI=1S/C12H15N3O/c1-3-16-7-10-14-9-6-4-5-8(2)11(9)12(13)15-10/h4-6H,3,7H2,1-2H3,(H2,13,14,15). The summed E-state index contributed by atoms with van der Waals surface area (Å²) >= 11 is 0. The lowest BCUT2D eigenvalue weighted by Crippen LogP contribution is -2.04. The third-order valence-electron chi connectivity index (χ3n) is 2.44. The Morgan fingerprint density at radius 2 is 2.12 bits per heavy atom. The van der Waals surface area contributed by atoms with Crippen LogP contribution in [0.15, 0.2) is 18.2 Å². The molecule has 0 radical (unpaired) electrons. The van der Waals surface area contributed by atoms with Gasteiger partial charge in [0.1, 0.15) is 12.4 Å². The normalized spacial score (nSPS) is 10.9. The number of aromatic nitrogens is 2. The molecule has 0 aliphatic rings. The van der Waals surface area contributed by atoms with E-state index in [0.717, 1.165) is 16.5 Å². The first-order valence-corrected chi connectivity index (χ1v) is 5.32. The van der Waals surface area contributed by atoms with Gasteiger partial charge in [-0.2, -0.15) is 0 Å². The van der Waals surface area contributed by atoms with Crippen LogP contribution in [0.5, 0.6) is 0 Å². The first-order chi connectivity index (χ1) is 7.72. The minimum Gasteiger partial charge on any atom is -0.383 e. The van der Waals surface area contributed by atoms with Crippen LogP contribution in [0.3, 0.4) is 0 Å². The summed E-state index contributed by atoms with van der Waals surface area (Å²) in [4.78, 5) is 8.66. The van der Waals surface area contributed by atoms with Crippen LogP contribution in [-0.2, 0) is 11.3 Å². The number of aryl methyl sites for hydroxylation is 1. The van der Waals surface area contributed by atoms with E-state index in [1.807, 2.05) is 32.0 Å². The topological polar surface area (TPSA) is 61.0 Å². The van der Waals surface area contributed by atoms with Crippen LogP contribution in [0.2, 0.25) is 0 Å². The van der Waals surface area contributed by atoms with Gasteiger partial charge in [-0.25, -0.2) is 9.97 Å². The molecule has 2 aromatic rings. The van der Waals surface area contributed by atoms with Crippen molar-refractivity contribution in [2.45, 2.75) is 20.5 Å². The predicted molar refractivity (Wildman–Crippen MR) is 64.0 cm³/mol. The third-order valence-corrected chi connectivity index (χ3v) is 2.44. The van der Waals surface area contributed by atoms with Crippen LogP contribution in [0.4, 0.5) is 5.82 Å². The Morgan fingerprint density at radius 3 is 2.88 bits per heavy atom. The van der Waals surface area contributed by atoms with E-state index in [1.165, 1.54) is 0 Å². The van der Waals surface area contributed by atoms with Crippen LogP contribution < -0.4 is 5.73 Å². The van der Waals surface area contributed by atoms with Crippen molar-refractivity contribution in [2.75, 3.05) is 12.3 Å². The SMILES string of the molecule is CCOCc1nc(N)c2c(C)cccc2n1. The first kappa shape index (κ1) is 10.8. The molecule has 0 bridgehead atoms. The van der Waals surface area contributed by atoms with Crippen molar-refractivity contribution in [3.8, 4) is 0 Å². The Kier molecular flexibility index (Phi) is 3.01. The number of hydrogen-bond donors (Lipinski definition) is 1. The van der Waals surface area contributed by atoms with Gasteiger partial charge in [0.25, 0.3) is 0 Å². The summed E-state index contributed by atoms with van der Waals surface area (Å²) in [5.41, 5.74) is 7.90. The molecule has 0 amide bonds. The predicted octanol–water partition coefficient (Wildman–Crippen LogP) is 2.06. The van der Waals surface area contributed by atoms with Gasteiger partial charge in [0.15, 0.2) is 5.82 Å². The van der Waals surface area contributed by atoms with Gasteiger partial charge in [0.05, 0.1) is 5.52 Å². The van der Waals surface area contributed by atoms with Crippen molar-refractivity contribution >= 4 is 16.7 Å². The van der Waals surface area contributed by atoms with Crippen molar-refractivity contribution in [1.29, 1.82) is 0 Å². The highest BCUT2D eigenvalue weighted by molar-refractivity contribution is 5.90. The van der Waals surface area contributed by atoms with Gasteiger partial charge in [-0.05, 0) is 25.5 Å². The van der Waals surface area contributed by atoms with Crippen molar-refractivity contribution in [3.63, 3.8) is 0 Å². The molecule has 1 aromatic carbocycles. The smallest absolute Gasteiger partial charge is 0.157 e. The minimum atomic E-state index is 0.407. The fourth-order valence-electron chi connectivity index (χ4n) is 1.70. The van der Waals surface area contributed by atoms with Crippen molar-refractivity contribution in [3.05, 3.63) is 29.6 Å². The molecule has 1 heterocycles. The van der Waals surface area contributed by atoms with Crippen LogP contribution in [0.25, 0.3) is 10.9 Å². The summed E-state index contributed by atoms with van der Waals surface area (Å²) in [7, 11) is 0. The van der Waals surface area contributed by atoms with E-state index in [0.29, 0.717) is 24.9 Å². The number of nitrogens with zero attached hydrogens (tertiary/aromatic N) is 2. The molecule has 84 valence electrons. The Morgan fingerprint density at radius 1 is 1.31 bits per heavy atom. The van der Waals surface area contributed by atoms with E-state index in [1.54, 1.807) is 0 Å². The highest BCUT2D eigenvalue weighted by atomic mass is 16.5. The second-order valence-corrected chi connectivity index (χ2v) is 3.63. The lowest BCUT2D eigenvalue weighted by atomic mass is 10.1. The number of ether oxygens (including phenoxy) is 1. The molecule has 0 aliphatic heterocycles. The number of hydrogen-bond acceptors (Lipinski definition) is 4. The molecule has 0 atom stereocenters. The van der Waals surface area contributed by atoms with E-state index in [2.05, 4.69) is 9.97 Å². The number of nitrogens with two attached hydrogens (primary N) is 1. The highest BCUT2D eigenvalue weighted by Gasteiger charge is 2.06. The van der Waals surface area contributed by atoms with Crippen LogP contribution in [0, 0.1) is 6.92 Å². The number of fused-ring (bicyclic) bond motifs is 1. The maximum absolute atomic E-state index is 5.92. The Labute approximate surface area is 94.5 Å². The second kappa shape index (κ2) is 4.45. The zero-order valence-corrected chi connectivity index (χ0v) is 9.53. The van der Waals surface area contributed by atoms with Gasteiger partial charge < -0.3 is 10.5 Å². The van der Waals surface area contributed by atoms with Crippen molar-refractivity contribution < 1.29 is 4.74 Å². The lowest BCUT2D eigenvalue weighted by Gasteiger charge is -2.07. The Hall–Kier alpha value is -1.68. The van der Waals surface area contributed by atoms with Crippen LogP contribution in [0.1, 0.15) is 18.3 Å². The van der Waals surface area contributed by atoms with Gasteiger partial charge >= 0.3 is 0 Å². The molecule has 4 heteroatoms. The monoisotopic (exact) mass is 217 g/mol. The number of anilines is 1. The zero-order chi connectivity index (χ0) is 11.5. The minimum absolute atomic E-state index is 0.407. The molecular formula is C12H15N3O. The quantitative estimate of drug-likeness (QED) is 0.854. The molecule has 2 rings (SSSR count). The second-order valence-electron chi connectivity index (χ2n) is 3.63. The van der Waals surface area contributed by atoms with Gasteiger partial charge in [-0.15, -0.1) is 0 Å². The van der Waals surface area contributed by atoms with Crippen LogP contribution >= 0.6 is 0 Å². The molecule has 16 heavy (non-hydrogen) atoms. The fraction of sp³-hybridized carbons (Fsp3) is 0.333. The van der Waals surface area contributed by atoms with Gasteiger partial charge in [-0.3, -0.25) is 0 Å². The molecule has 0 saturated carbocycles. The molecule has 0 fully saturated rings. The largest absolute Gasteiger partial charge is 0.383 e. The van der Waals surface area contributed by atoms with E-state index in [-0.39, 0.29) is 0 Å². The maximum Gasteiger partial charge on any atom is 0.157 e. The molecule has 4 nitrogen and oxygen atoms in total. The van der Waals surface area contributed by atoms with Gasteiger partial charge in [0, 0.05) is 12.0 Å². The Bertz CT molecular complexity index is 511. The van der Waals surface area contributed by atoms with Crippen molar-refractivity contribution in [1.82, 2.24) is 9.97 Å². The summed E-state index contributed by atoms with van der Waals surface area (Å²) in [6.45, 7) is 5.00. The molecule has 0 spiro atoms. The summed E-state index contributed by atoms with van der Waals surface area (Å²) in [6.07, 6.45) is 0. The van der Waals surface area contributed by atoms with Crippen molar-refractivity contribution in [2.24, 2.45) is 0 Å². The van der Waals surface area contributed by atoms with E-state index < -0.39 is 0 Å². The molecule has 1 aromatic heterocycles. The average Bonchev–Trinajstić information content (AvgIpc) is 2.26. The highest BCUT2D eigenvalue weighted by Crippen LogP contribution is 2.21. The van der Waals surface area contributed by atoms with Gasteiger partial charge in [0.2, 0.25) is 0 Å². The summed E-state index contributed by atoms with van der Waals surface area (Å²) in [6, 6.07) is 5.91. The first-order valence-electron chi connectivity index (χ1n) is 5.32. The summed E-state index contributed by atoms with van der Waals surface area (Å²) in [5, 5.41) is 0.933. The fourth-order valence-corrected chi connectivity index (χ4v) is 1.70. The zero-order valence-electron chi connectivity index (χ0n) is 9.53. The van der Waals surface area contributed by atoms with E-state index >= 15 is 0 Å². The average molecular weight is 217 g/mol. The number of nitrogen functional groups attached to an aromatic ring is 1. The molecule has 2 N–H and O–H groups in total. The van der Waals surface area contributed by atoms with Gasteiger partial charge in [-0.1, -0.05) is 12.1 Å². The summed E-state index contributed by atoms with van der Waals surface area (Å²) in [5.74, 6) is 1.16. The lowest BCUT2D eigenvalue weighted by molar-refractivity contribution is 0.128. The summed E-state index contributed by atoms with van der Waals surface area (Å²) < 4.78 is 5.27. The Balaban J connectivity index is 2.51. The maximum atomic E-state index is 5.92. The molecule has 0 unspecified atom stereocenters. The molecule has 0 aliphatic carbocycles. The van der Waals surface area contributed by atoms with E-state index in [4.69, 9.17) is 10.5 Å². The third kappa shape index (κ3) is 1.97. The molecular weight excluding hydrogens is 202 g/mol. The van der Waals surface area contributed by atoms with Crippen LogP contribution in [-0.4, -0.2) is 16.6 Å². The number of benzene rings is 1. The number of rotatable bonds is 3. The molecule has 0 saturated heterocycles. The van der Waals surface area contributed by atoms with E-state index in [9.17, 15) is 0 Å².